The number of hydrogen-bond donors (Lipinski definition) is 5. The summed E-state index contributed by atoms with van der Waals surface area (Å²) >= 11 is 5.27. The number of anilines is 7. The standard InChI is InChI=1S/C23H29N5O2.C19H19N3O4.C12H16N2O.C7H5NO4.C6H11ClN2O.ClH/c1-23(2)15-28(22(30)27-12-10-26(3)11-13-27)20-14-16(8-9-18(20)23)25-21(29)17-6-4-5-7-19(17)24;1-12(23)21-11-19(2,3)15-9-8-13(10-17(15)21)20-18(24)14-6-4-5-7-16(14)22(25)26;1-8(15)14-7-12(2,3)10-5-4-9(13)6-11(10)14;9-7(10)5-3-1-2-4-6(5)8(11)12;1-8-2-4-9(5-3-8)6(7)10;/h4-9,14H,10-13,15,24H2,1-3H3,(H,25,29);4-10H,11H2,1-3H3,(H,20,24);4-6H,7,13H2,1-3H3;1-4H,(H,9,10);2-5H2,1H3;1H. The van der Waals surface area contributed by atoms with E-state index in [1.165, 1.54) is 48.9 Å². The summed E-state index contributed by atoms with van der Waals surface area (Å²) in [6, 6.07) is 35.0. The average molecular weight is 1330 g/mol. The number of carbonyl (C=O) groups is 7. The van der Waals surface area contributed by atoms with Gasteiger partial charge < -0.3 is 56.6 Å². The minimum Gasteiger partial charge on any atom is -0.477 e. The Morgan fingerprint density at radius 3 is 1.28 bits per heavy atom. The smallest absolute Gasteiger partial charge is 0.342 e. The van der Waals surface area contributed by atoms with E-state index in [1.807, 2.05) is 59.3 Å². The normalized spacial score (nSPS) is 16.1. The SMILES string of the molecule is CC(=O)N1CC(C)(C)c2ccc(N)cc21.CC(=O)N1CC(C)(C)c2ccc(NC(=O)c3ccccc3[N+](=O)[O-])cc21.CN1CCN(C(=O)Cl)CC1.CN1CCN(C(=O)N2CC(C)(C)c3ccc(NC(=O)c4ccccc4N)cc32)CC1.Cl.O=C(O)c1ccccc1[N+](=O)[O-]. The molecule has 7 amide bonds. The maximum absolute atomic E-state index is 13.3. The molecule has 6 aromatic carbocycles. The molecule has 5 heterocycles. The molecule has 27 heteroatoms. The van der Waals surface area contributed by atoms with Gasteiger partial charge in [0, 0.05) is 148 Å². The first-order chi connectivity index (χ1) is 43.7. The van der Waals surface area contributed by atoms with E-state index in [-0.39, 0.29) is 80.3 Å². The predicted molar refractivity (Wildman–Crippen MR) is 368 cm³/mol. The molecule has 94 heavy (non-hydrogen) atoms. The number of piperazine rings is 2. The molecule has 2 saturated heterocycles. The second-order valence-electron chi connectivity index (χ2n) is 25.2. The van der Waals surface area contributed by atoms with Gasteiger partial charge in [-0.05, 0) is 103 Å². The van der Waals surface area contributed by atoms with Gasteiger partial charge in [-0.25, -0.2) is 9.59 Å². The third kappa shape index (κ3) is 17.7. The van der Waals surface area contributed by atoms with Gasteiger partial charge in [0.05, 0.1) is 21.1 Å². The van der Waals surface area contributed by atoms with Crippen LogP contribution in [0.25, 0.3) is 0 Å². The topological polar surface area (TPSA) is 325 Å². The van der Waals surface area contributed by atoms with E-state index in [2.05, 4.69) is 69.0 Å². The first kappa shape index (κ1) is 73.4. The van der Waals surface area contributed by atoms with Gasteiger partial charge in [0.1, 0.15) is 11.1 Å². The Balaban J connectivity index is 0.000000197. The number of halogens is 2. The molecule has 0 bridgehead atoms. The molecule has 5 aliphatic heterocycles. The molecular weight excluding hydrogens is 1250 g/mol. The van der Waals surface area contributed by atoms with E-state index < -0.39 is 21.7 Å². The van der Waals surface area contributed by atoms with Crippen molar-refractivity contribution in [1.29, 1.82) is 0 Å². The highest BCUT2D eigenvalue weighted by Crippen LogP contribution is 2.45. The van der Waals surface area contributed by atoms with Crippen LogP contribution in [0.1, 0.15) is 103 Å². The van der Waals surface area contributed by atoms with Crippen LogP contribution < -0.4 is 36.8 Å². The van der Waals surface area contributed by atoms with E-state index in [1.54, 1.807) is 64.1 Å². The van der Waals surface area contributed by atoms with Crippen LogP contribution in [0.2, 0.25) is 0 Å². The maximum Gasteiger partial charge on any atom is 0.342 e. The van der Waals surface area contributed by atoms with Crippen molar-refractivity contribution in [3.8, 4) is 0 Å². The van der Waals surface area contributed by atoms with Gasteiger partial charge >= 0.3 is 17.4 Å². The largest absolute Gasteiger partial charge is 0.477 e. The average Bonchev–Trinajstić information content (AvgIpc) is 1.63. The molecule has 500 valence electrons. The Kier molecular flexibility index (Phi) is 24.1. The third-order valence-electron chi connectivity index (χ3n) is 16.7. The summed E-state index contributed by atoms with van der Waals surface area (Å²) in [5.41, 5.74) is 19.1. The Morgan fingerprint density at radius 1 is 0.500 bits per heavy atom. The van der Waals surface area contributed by atoms with Gasteiger partial charge in [0.15, 0.2) is 0 Å². The van der Waals surface area contributed by atoms with Gasteiger partial charge in [-0.1, -0.05) is 96.1 Å². The van der Waals surface area contributed by atoms with Gasteiger partial charge in [-0.3, -0.25) is 49.1 Å². The predicted octanol–water partition coefficient (Wildman–Crippen LogP) is 10.7. The highest BCUT2D eigenvalue weighted by molar-refractivity contribution is 6.62. The minimum atomic E-state index is -1.29. The lowest BCUT2D eigenvalue weighted by Crippen LogP contribution is -2.52. The number of fused-ring (bicyclic) bond motifs is 3. The summed E-state index contributed by atoms with van der Waals surface area (Å²) in [6.07, 6.45) is 0. The number of carbonyl (C=O) groups excluding carboxylic acids is 6. The minimum absolute atomic E-state index is 0. The molecule has 0 saturated carbocycles. The number of amides is 7. The van der Waals surface area contributed by atoms with Crippen molar-refractivity contribution in [2.75, 3.05) is 123 Å². The molecule has 25 nitrogen and oxygen atoms in total. The van der Waals surface area contributed by atoms with Crippen molar-refractivity contribution in [2.24, 2.45) is 0 Å². The van der Waals surface area contributed by atoms with E-state index in [0.717, 1.165) is 93.2 Å². The Labute approximate surface area is 557 Å². The number of nitro benzene ring substituents is 2. The molecular formula is C67H81Cl2N13O12. The van der Waals surface area contributed by atoms with Crippen molar-refractivity contribution in [2.45, 2.75) is 71.6 Å². The lowest BCUT2D eigenvalue weighted by atomic mass is 9.87. The summed E-state index contributed by atoms with van der Waals surface area (Å²) in [5.74, 6) is -2.11. The summed E-state index contributed by atoms with van der Waals surface area (Å²) in [7, 11) is 4.11. The van der Waals surface area contributed by atoms with Crippen molar-refractivity contribution in [1.82, 2.24) is 19.6 Å². The van der Waals surface area contributed by atoms with E-state index >= 15 is 0 Å². The van der Waals surface area contributed by atoms with Gasteiger partial charge in [-0.2, -0.15) is 0 Å². The molecule has 0 aliphatic carbocycles. The molecule has 6 aromatic rings. The zero-order valence-corrected chi connectivity index (χ0v) is 55.9. The van der Waals surface area contributed by atoms with Crippen molar-refractivity contribution in [3.63, 3.8) is 0 Å². The first-order valence-corrected chi connectivity index (χ1v) is 30.4. The molecule has 0 radical (unpaired) electrons. The zero-order chi connectivity index (χ0) is 68.4. The van der Waals surface area contributed by atoms with Crippen molar-refractivity contribution < 1.29 is 48.5 Å². The summed E-state index contributed by atoms with van der Waals surface area (Å²) in [4.78, 5) is 116. The number of carboxylic acid groups (broad SMARTS) is 1. The quantitative estimate of drug-likeness (QED) is 0.0326. The molecule has 2 fully saturated rings. The van der Waals surface area contributed by atoms with Crippen LogP contribution in [0.15, 0.2) is 127 Å². The number of likely N-dealkylation sites (N-methyl/N-ethyl adjacent to an activating group) is 2. The van der Waals surface area contributed by atoms with Gasteiger partial charge in [-0.15, -0.1) is 12.4 Å². The highest BCUT2D eigenvalue weighted by atomic mass is 35.5. The van der Waals surface area contributed by atoms with Crippen molar-refractivity contribution in [3.05, 3.63) is 181 Å². The lowest BCUT2D eigenvalue weighted by molar-refractivity contribution is -0.385. The highest BCUT2D eigenvalue weighted by Gasteiger charge is 2.41. The third-order valence-corrected chi connectivity index (χ3v) is 16.9. The fourth-order valence-electron chi connectivity index (χ4n) is 11.5. The molecule has 0 atom stereocenters. The Morgan fingerprint density at radius 2 is 0.862 bits per heavy atom. The summed E-state index contributed by atoms with van der Waals surface area (Å²) in [6.45, 7) is 24.3. The number of hydrogen-bond acceptors (Lipinski definition) is 15. The number of para-hydroxylation sites is 3. The second kappa shape index (κ2) is 30.8. The molecule has 5 aliphatic rings. The number of rotatable bonds is 7. The summed E-state index contributed by atoms with van der Waals surface area (Å²) in [5, 5.41) is 35.2. The van der Waals surface area contributed by atoms with E-state index in [4.69, 9.17) is 28.2 Å². The molecule has 0 spiro atoms. The van der Waals surface area contributed by atoms with Gasteiger partial charge in [0.25, 0.3) is 23.2 Å². The van der Waals surface area contributed by atoms with E-state index in [9.17, 15) is 53.8 Å². The van der Waals surface area contributed by atoms with Crippen LogP contribution in [0, 0.1) is 20.2 Å². The number of aromatic carboxylic acids is 1. The lowest BCUT2D eigenvalue weighted by Gasteiger charge is -2.35. The number of benzene rings is 6. The summed E-state index contributed by atoms with van der Waals surface area (Å²) < 4.78 is 0. The van der Waals surface area contributed by atoms with Crippen LogP contribution in [-0.4, -0.2) is 162 Å². The first-order valence-electron chi connectivity index (χ1n) is 30.0. The van der Waals surface area contributed by atoms with Crippen LogP contribution in [0.3, 0.4) is 0 Å². The fraction of sp³-hybridized carbons (Fsp3) is 0.358. The number of nitrogens with two attached hydrogens (primary N) is 2. The van der Waals surface area contributed by atoms with Crippen LogP contribution in [0.4, 0.5) is 60.8 Å². The van der Waals surface area contributed by atoms with Crippen molar-refractivity contribution >= 4 is 116 Å². The Hall–Kier alpha value is -9.69. The molecule has 11 rings (SSSR count). The fourth-order valence-corrected chi connectivity index (χ4v) is 11.6. The van der Waals surface area contributed by atoms with Gasteiger partial charge in [0.2, 0.25) is 11.8 Å². The Bertz CT molecular complexity index is 3820. The van der Waals surface area contributed by atoms with Crippen LogP contribution in [-0.2, 0) is 25.8 Å². The number of nitrogen functional groups attached to an aromatic ring is 2. The number of carboxylic acids is 1. The van der Waals surface area contributed by atoms with Crippen LogP contribution >= 0.6 is 24.0 Å². The van der Waals surface area contributed by atoms with Crippen LogP contribution in [0.5, 0.6) is 0 Å². The number of nitro groups is 2. The number of nitrogens with one attached hydrogen (secondary N) is 2. The second-order valence-corrected chi connectivity index (χ2v) is 25.5. The molecule has 0 unspecified atom stereocenters. The monoisotopic (exact) mass is 1330 g/mol. The number of urea groups is 1. The molecule has 7 N–H and O–H groups in total. The van der Waals surface area contributed by atoms with E-state index in [0.29, 0.717) is 41.4 Å². The maximum atomic E-state index is 13.3. The molecule has 0 aromatic heterocycles. The zero-order valence-electron chi connectivity index (χ0n) is 54.3. The number of nitrogens with zero attached hydrogens (tertiary/aromatic N) is 9.